The van der Waals surface area contributed by atoms with Gasteiger partial charge in [-0.25, -0.2) is 0 Å². The van der Waals surface area contributed by atoms with Crippen molar-refractivity contribution in [2.24, 2.45) is 5.92 Å². The molecule has 1 amide bonds. The summed E-state index contributed by atoms with van der Waals surface area (Å²) in [6.07, 6.45) is 2.10. The van der Waals surface area contributed by atoms with Gasteiger partial charge in [-0.05, 0) is 25.3 Å². The molecule has 0 saturated carbocycles. The molecule has 1 aliphatic heterocycles. The third kappa shape index (κ3) is 3.97. The first-order valence-electron chi connectivity index (χ1n) is 7.83. The van der Waals surface area contributed by atoms with Gasteiger partial charge in [-0.1, -0.05) is 31.5 Å². The number of rotatable bonds is 7. The SMILES string of the molecule is CCCC1CC(=O)N(CC(O)c2ccccc2OCC)C1. The molecule has 2 atom stereocenters. The van der Waals surface area contributed by atoms with Crippen molar-refractivity contribution < 1.29 is 14.6 Å². The number of hydrogen-bond donors (Lipinski definition) is 1. The topological polar surface area (TPSA) is 49.8 Å². The van der Waals surface area contributed by atoms with Gasteiger partial charge in [-0.15, -0.1) is 0 Å². The standard InChI is InChI=1S/C17H25NO3/c1-3-7-13-10-17(20)18(11-13)12-15(19)14-8-5-6-9-16(14)21-4-2/h5-6,8-9,13,15,19H,3-4,7,10-12H2,1-2H3. The van der Waals surface area contributed by atoms with Gasteiger partial charge in [0.2, 0.25) is 5.91 Å². The molecule has 4 nitrogen and oxygen atoms in total. The Hall–Kier alpha value is -1.55. The van der Waals surface area contributed by atoms with Crippen LogP contribution in [0.4, 0.5) is 0 Å². The van der Waals surface area contributed by atoms with Crippen LogP contribution < -0.4 is 4.74 Å². The zero-order valence-electron chi connectivity index (χ0n) is 12.9. The fraction of sp³-hybridized carbons (Fsp3) is 0.588. The van der Waals surface area contributed by atoms with E-state index in [-0.39, 0.29) is 5.91 Å². The molecule has 0 aromatic heterocycles. The van der Waals surface area contributed by atoms with Gasteiger partial charge in [0.05, 0.1) is 13.2 Å². The lowest BCUT2D eigenvalue weighted by Crippen LogP contribution is -2.30. The first kappa shape index (κ1) is 15.8. The van der Waals surface area contributed by atoms with Crippen molar-refractivity contribution in [1.29, 1.82) is 0 Å². The maximum absolute atomic E-state index is 12.0. The Morgan fingerprint density at radius 1 is 1.38 bits per heavy atom. The van der Waals surface area contributed by atoms with E-state index in [1.54, 1.807) is 4.90 Å². The smallest absolute Gasteiger partial charge is 0.223 e. The van der Waals surface area contributed by atoms with Crippen LogP contribution in [0.5, 0.6) is 5.75 Å². The molecule has 1 fully saturated rings. The zero-order valence-corrected chi connectivity index (χ0v) is 12.9. The average molecular weight is 291 g/mol. The average Bonchev–Trinajstić information content (AvgIpc) is 2.80. The van der Waals surface area contributed by atoms with Gasteiger partial charge >= 0.3 is 0 Å². The van der Waals surface area contributed by atoms with Gasteiger partial charge in [0.25, 0.3) is 0 Å². The third-order valence-corrected chi connectivity index (χ3v) is 3.96. The number of carbonyl (C=O) groups excluding carboxylic acids is 1. The monoisotopic (exact) mass is 291 g/mol. The Morgan fingerprint density at radius 2 is 2.14 bits per heavy atom. The number of ether oxygens (including phenoxy) is 1. The molecule has 2 rings (SSSR count). The molecule has 0 aliphatic carbocycles. The zero-order chi connectivity index (χ0) is 15.2. The maximum atomic E-state index is 12.0. The Morgan fingerprint density at radius 3 is 2.86 bits per heavy atom. The summed E-state index contributed by atoms with van der Waals surface area (Å²) in [5.74, 6) is 1.29. The van der Waals surface area contributed by atoms with E-state index in [1.807, 2.05) is 31.2 Å². The van der Waals surface area contributed by atoms with Crippen LogP contribution in [0.3, 0.4) is 0 Å². The maximum Gasteiger partial charge on any atom is 0.223 e. The number of aliphatic hydroxyl groups excluding tert-OH is 1. The Kier molecular flexibility index (Phi) is 5.62. The second kappa shape index (κ2) is 7.46. The molecular weight excluding hydrogens is 266 g/mol. The van der Waals surface area contributed by atoms with Crippen molar-refractivity contribution >= 4 is 5.91 Å². The molecule has 2 unspecified atom stereocenters. The van der Waals surface area contributed by atoms with Crippen LogP contribution in [-0.4, -0.2) is 35.6 Å². The molecule has 1 N–H and O–H groups in total. The highest BCUT2D eigenvalue weighted by Gasteiger charge is 2.30. The van der Waals surface area contributed by atoms with Crippen molar-refractivity contribution in [3.8, 4) is 5.75 Å². The minimum atomic E-state index is -0.697. The first-order valence-corrected chi connectivity index (χ1v) is 7.83. The lowest BCUT2D eigenvalue weighted by molar-refractivity contribution is -0.129. The van der Waals surface area contributed by atoms with E-state index in [9.17, 15) is 9.90 Å². The Balaban J connectivity index is 2.01. The van der Waals surface area contributed by atoms with Crippen LogP contribution in [0.15, 0.2) is 24.3 Å². The predicted octanol–water partition coefficient (Wildman–Crippen LogP) is 2.77. The molecule has 116 valence electrons. The molecule has 0 bridgehead atoms. The second-order valence-corrected chi connectivity index (χ2v) is 5.64. The van der Waals surface area contributed by atoms with Crippen LogP contribution in [0, 0.1) is 5.92 Å². The number of aliphatic hydroxyl groups is 1. The van der Waals surface area contributed by atoms with E-state index in [0.29, 0.717) is 31.2 Å². The van der Waals surface area contributed by atoms with Gasteiger partial charge in [0, 0.05) is 18.5 Å². The summed E-state index contributed by atoms with van der Waals surface area (Å²) in [5.41, 5.74) is 0.756. The highest BCUT2D eigenvalue weighted by atomic mass is 16.5. The number of carbonyl (C=O) groups is 1. The molecule has 1 aromatic carbocycles. The summed E-state index contributed by atoms with van der Waals surface area (Å²) in [6.45, 7) is 5.73. The quantitative estimate of drug-likeness (QED) is 0.840. The number of β-amino-alcohol motifs (C(OH)–C–C–N with tert-alkyl or cyclic N) is 1. The van der Waals surface area contributed by atoms with Crippen molar-refractivity contribution in [2.45, 2.75) is 39.2 Å². The Labute approximate surface area is 126 Å². The van der Waals surface area contributed by atoms with Crippen LogP contribution in [0.25, 0.3) is 0 Å². The summed E-state index contributed by atoms with van der Waals surface area (Å²) in [6, 6.07) is 7.49. The Bertz CT molecular complexity index is 475. The normalized spacial score (nSPS) is 19.9. The van der Waals surface area contributed by atoms with Crippen LogP contribution in [-0.2, 0) is 4.79 Å². The fourth-order valence-corrected chi connectivity index (χ4v) is 2.98. The lowest BCUT2D eigenvalue weighted by atomic mass is 10.0. The largest absolute Gasteiger partial charge is 0.493 e. The van der Waals surface area contributed by atoms with Crippen molar-refractivity contribution in [3.05, 3.63) is 29.8 Å². The van der Waals surface area contributed by atoms with E-state index in [4.69, 9.17) is 4.74 Å². The van der Waals surface area contributed by atoms with Crippen molar-refractivity contribution in [3.63, 3.8) is 0 Å². The number of para-hydroxylation sites is 1. The molecule has 0 spiro atoms. The van der Waals surface area contributed by atoms with Crippen molar-refractivity contribution in [2.75, 3.05) is 19.7 Å². The lowest BCUT2D eigenvalue weighted by Gasteiger charge is -2.22. The summed E-state index contributed by atoms with van der Waals surface area (Å²) in [4.78, 5) is 13.8. The van der Waals surface area contributed by atoms with Crippen LogP contribution in [0.1, 0.15) is 44.8 Å². The minimum Gasteiger partial charge on any atom is -0.493 e. The van der Waals surface area contributed by atoms with Gasteiger partial charge in [0.1, 0.15) is 11.9 Å². The van der Waals surface area contributed by atoms with Crippen LogP contribution in [0.2, 0.25) is 0 Å². The first-order chi connectivity index (χ1) is 10.2. The third-order valence-electron chi connectivity index (χ3n) is 3.96. The van der Waals surface area contributed by atoms with Gasteiger partial charge in [-0.2, -0.15) is 0 Å². The second-order valence-electron chi connectivity index (χ2n) is 5.64. The van der Waals surface area contributed by atoms with Gasteiger partial charge in [0.15, 0.2) is 0 Å². The molecule has 1 heterocycles. The van der Waals surface area contributed by atoms with Crippen LogP contribution >= 0.6 is 0 Å². The molecule has 0 radical (unpaired) electrons. The van der Waals surface area contributed by atoms with E-state index in [0.717, 1.165) is 24.9 Å². The number of nitrogens with zero attached hydrogens (tertiary/aromatic N) is 1. The number of likely N-dealkylation sites (tertiary alicyclic amines) is 1. The summed E-state index contributed by atoms with van der Waals surface area (Å²) >= 11 is 0. The number of benzene rings is 1. The number of hydrogen-bond acceptors (Lipinski definition) is 3. The molecule has 4 heteroatoms. The highest BCUT2D eigenvalue weighted by Crippen LogP contribution is 2.28. The van der Waals surface area contributed by atoms with E-state index < -0.39 is 6.10 Å². The summed E-state index contributed by atoms with van der Waals surface area (Å²) < 4.78 is 5.55. The molecule has 1 aliphatic rings. The summed E-state index contributed by atoms with van der Waals surface area (Å²) in [7, 11) is 0. The fourth-order valence-electron chi connectivity index (χ4n) is 2.98. The molecule has 21 heavy (non-hydrogen) atoms. The van der Waals surface area contributed by atoms with E-state index in [1.165, 1.54) is 0 Å². The molecule has 1 aromatic rings. The number of amides is 1. The van der Waals surface area contributed by atoms with Gasteiger partial charge < -0.3 is 14.7 Å². The van der Waals surface area contributed by atoms with Crippen molar-refractivity contribution in [1.82, 2.24) is 4.90 Å². The van der Waals surface area contributed by atoms with E-state index in [2.05, 4.69) is 6.92 Å². The van der Waals surface area contributed by atoms with Gasteiger partial charge in [-0.3, -0.25) is 4.79 Å². The predicted molar refractivity (Wildman–Crippen MR) is 82.2 cm³/mol. The molecule has 1 saturated heterocycles. The highest BCUT2D eigenvalue weighted by molar-refractivity contribution is 5.78. The van der Waals surface area contributed by atoms with E-state index >= 15 is 0 Å². The minimum absolute atomic E-state index is 0.154. The molecular formula is C17H25NO3. The summed E-state index contributed by atoms with van der Waals surface area (Å²) in [5, 5.41) is 10.4.